The molecule has 0 aromatic heterocycles. The molecule has 0 bridgehead atoms. The van der Waals surface area contributed by atoms with Gasteiger partial charge in [-0.15, -0.1) is 0 Å². The van der Waals surface area contributed by atoms with Crippen molar-refractivity contribution in [2.45, 2.75) is 25.3 Å². The molecule has 19 heavy (non-hydrogen) atoms. The molecule has 1 aliphatic carbocycles. The van der Waals surface area contributed by atoms with Crippen LogP contribution in [0.3, 0.4) is 0 Å². The van der Waals surface area contributed by atoms with E-state index in [0.717, 1.165) is 6.07 Å². The van der Waals surface area contributed by atoms with Crippen molar-refractivity contribution in [3.63, 3.8) is 0 Å². The van der Waals surface area contributed by atoms with Crippen LogP contribution in [-0.2, 0) is 4.79 Å². The Labute approximate surface area is 114 Å². The van der Waals surface area contributed by atoms with Gasteiger partial charge < -0.3 is 10.4 Å². The van der Waals surface area contributed by atoms with Gasteiger partial charge in [-0.25, -0.2) is 4.39 Å². The Bertz CT molecular complexity index is 500. The fourth-order valence-corrected chi connectivity index (χ4v) is 2.56. The highest BCUT2D eigenvalue weighted by Crippen LogP contribution is 2.26. The Morgan fingerprint density at radius 1 is 1.37 bits per heavy atom. The van der Waals surface area contributed by atoms with Gasteiger partial charge in [-0.05, 0) is 31.4 Å². The van der Waals surface area contributed by atoms with Crippen LogP contribution < -0.4 is 5.32 Å². The summed E-state index contributed by atoms with van der Waals surface area (Å²) >= 11 is 5.79. The molecule has 102 valence electrons. The predicted octanol–water partition coefficient (Wildman–Crippen LogP) is 2.46. The number of amides is 1. The SMILES string of the molecule is O=C(N[C@H]1CC[C@@H](C(=O)O)C1)c1c(F)cccc1Cl. The molecule has 1 fully saturated rings. The van der Waals surface area contributed by atoms with Gasteiger partial charge in [0.15, 0.2) is 0 Å². The molecule has 6 heteroatoms. The number of nitrogens with one attached hydrogen (secondary N) is 1. The van der Waals surface area contributed by atoms with Crippen molar-refractivity contribution in [1.29, 1.82) is 0 Å². The van der Waals surface area contributed by atoms with Gasteiger partial charge in [0.25, 0.3) is 5.91 Å². The van der Waals surface area contributed by atoms with Crippen molar-refractivity contribution in [3.8, 4) is 0 Å². The second-order valence-electron chi connectivity index (χ2n) is 4.62. The zero-order chi connectivity index (χ0) is 14.0. The first-order valence-corrected chi connectivity index (χ1v) is 6.34. The third-order valence-electron chi connectivity index (χ3n) is 3.31. The van der Waals surface area contributed by atoms with Crippen LogP contribution in [0.25, 0.3) is 0 Å². The molecule has 0 heterocycles. The van der Waals surface area contributed by atoms with E-state index < -0.39 is 23.6 Å². The van der Waals surface area contributed by atoms with Crippen LogP contribution in [0.5, 0.6) is 0 Å². The van der Waals surface area contributed by atoms with Crippen LogP contribution in [0, 0.1) is 11.7 Å². The Kier molecular flexibility index (Phi) is 4.04. The van der Waals surface area contributed by atoms with Crippen molar-refractivity contribution in [1.82, 2.24) is 5.32 Å². The molecule has 1 aromatic carbocycles. The van der Waals surface area contributed by atoms with Gasteiger partial charge in [0.1, 0.15) is 5.82 Å². The summed E-state index contributed by atoms with van der Waals surface area (Å²) in [4.78, 5) is 22.8. The number of carbonyl (C=O) groups is 2. The van der Waals surface area contributed by atoms with Crippen molar-refractivity contribution in [3.05, 3.63) is 34.6 Å². The standard InChI is InChI=1S/C13H13ClFNO3/c14-9-2-1-3-10(15)11(9)12(17)16-8-5-4-7(6-8)13(18)19/h1-3,7-8H,4-6H2,(H,16,17)(H,18,19)/t7-,8+/m1/s1. The molecule has 2 rings (SSSR count). The fourth-order valence-electron chi connectivity index (χ4n) is 2.31. The highest BCUT2D eigenvalue weighted by Gasteiger charge is 2.31. The van der Waals surface area contributed by atoms with E-state index in [4.69, 9.17) is 16.7 Å². The maximum Gasteiger partial charge on any atom is 0.306 e. The van der Waals surface area contributed by atoms with E-state index in [1.165, 1.54) is 12.1 Å². The maximum absolute atomic E-state index is 13.5. The third kappa shape index (κ3) is 3.04. The fraction of sp³-hybridized carbons (Fsp3) is 0.385. The van der Waals surface area contributed by atoms with E-state index in [1.54, 1.807) is 0 Å². The van der Waals surface area contributed by atoms with Crippen molar-refractivity contribution >= 4 is 23.5 Å². The van der Waals surface area contributed by atoms with E-state index in [2.05, 4.69) is 5.32 Å². The second-order valence-corrected chi connectivity index (χ2v) is 5.02. The average molecular weight is 286 g/mol. The highest BCUT2D eigenvalue weighted by atomic mass is 35.5. The molecule has 0 radical (unpaired) electrons. The lowest BCUT2D eigenvalue weighted by atomic mass is 10.1. The summed E-state index contributed by atoms with van der Waals surface area (Å²) in [5.74, 6) is -2.58. The summed E-state index contributed by atoms with van der Waals surface area (Å²) in [6, 6.07) is 3.78. The lowest BCUT2D eigenvalue weighted by molar-refractivity contribution is -0.141. The first kappa shape index (κ1) is 13.8. The van der Waals surface area contributed by atoms with Crippen LogP contribution in [0.4, 0.5) is 4.39 Å². The summed E-state index contributed by atoms with van der Waals surface area (Å²) in [7, 11) is 0. The van der Waals surface area contributed by atoms with Crippen LogP contribution in [0.1, 0.15) is 29.6 Å². The molecule has 0 unspecified atom stereocenters. The van der Waals surface area contributed by atoms with Crippen molar-refractivity contribution in [2.24, 2.45) is 5.92 Å². The molecule has 2 N–H and O–H groups in total. The number of halogens is 2. The molecular weight excluding hydrogens is 273 g/mol. The number of carbonyl (C=O) groups excluding carboxylic acids is 1. The molecule has 1 aliphatic rings. The minimum Gasteiger partial charge on any atom is -0.481 e. The summed E-state index contributed by atoms with van der Waals surface area (Å²) < 4.78 is 13.5. The van der Waals surface area contributed by atoms with Crippen molar-refractivity contribution < 1.29 is 19.1 Å². The summed E-state index contributed by atoms with van der Waals surface area (Å²) in [6.07, 6.45) is 1.47. The van der Waals surface area contributed by atoms with E-state index in [0.29, 0.717) is 19.3 Å². The zero-order valence-electron chi connectivity index (χ0n) is 10.0. The number of aliphatic carboxylic acids is 1. The number of rotatable bonds is 3. The molecule has 0 spiro atoms. The average Bonchev–Trinajstić information content (AvgIpc) is 2.77. The first-order chi connectivity index (χ1) is 8.99. The Hall–Kier alpha value is -1.62. The van der Waals surface area contributed by atoms with Crippen LogP contribution >= 0.6 is 11.6 Å². The zero-order valence-corrected chi connectivity index (χ0v) is 10.8. The molecular formula is C13H13ClFNO3. The Morgan fingerprint density at radius 2 is 2.11 bits per heavy atom. The smallest absolute Gasteiger partial charge is 0.306 e. The topological polar surface area (TPSA) is 66.4 Å². The van der Waals surface area contributed by atoms with E-state index in [1.807, 2.05) is 0 Å². The van der Waals surface area contributed by atoms with Gasteiger partial charge in [-0.2, -0.15) is 0 Å². The number of hydrogen-bond donors (Lipinski definition) is 2. The van der Waals surface area contributed by atoms with Crippen LogP contribution in [0.15, 0.2) is 18.2 Å². The van der Waals surface area contributed by atoms with Crippen molar-refractivity contribution in [2.75, 3.05) is 0 Å². The number of benzene rings is 1. The van der Waals surface area contributed by atoms with Gasteiger partial charge >= 0.3 is 5.97 Å². The monoisotopic (exact) mass is 285 g/mol. The maximum atomic E-state index is 13.5. The molecule has 0 saturated heterocycles. The predicted molar refractivity (Wildman–Crippen MR) is 67.6 cm³/mol. The van der Waals surface area contributed by atoms with Crippen LogP contribution in [-0.4, -0.2) is 23.0 Å². The third-order valence-corrected chi connectivity index (χ3v) is 3.62. The summed E-state index contributed by atoms with van der Waals surface area (Å²) in [6.45, 7) is 0. The van der Waals surface area contributed by atoms with Gasteiger partial charge in [0.2, 0.25) is 0 Å². The van der Waals surface area contributed by atoms with E-state index in [-0.39, 0.29) is 16.6 Å². The summed E-state index contributed by atoms with van der Waals surface area (Å²) in [5.41, 5.74) is -0.192. The Morgan fingerprint density at radius 3 is 2.68 bits per heavy atom. The van der Waals surface area contributed by atoms with Gasteiger partial charge in [-0.3, -0.25) is 9.59 Å². The molecule has 4 nitrogen and oxygen atoms in total. The lowest BCUT2D eigenvalue weighted by Gasteiger charge is -2.13. The lowest BCUT2D eigenvalue weighted by Crippen LogP contribution is -2.34. The number of carboxylic acids is 1. The first-order valence-electron chi connectivity index (χ1n) is 5.96. The molecule has 0 aliphatic heterocycles. The van der Waals surface area contributed by atoms with E-state index >= 15 is 0 Å². The second kappa shape index (κ2) is 5.57. The normalized spacial score (nSPS) is 22.2. The van der Waals surface area contributed by atoms with Crippen LogP contribution in [0.2, 0.25) is 5.02 Å². The largest absolute Gasteiger partial charge is 0.481 e. The molecule has 1 aromatic rings. The highest BCUT2D eigenvalue weighted by molar-refractivity contribution is 6.33. The Balaban J connectivity index is 2.05. The minimum absolute atomic E-state index is 0.0466. The molecule has 1 saturated carbocycles. The number of hydrogen-bond acceptors (Lipinski definition) is 2. The summed E-state index contributed by atoms with van der Waals surface area (Å²) in [5, 5.41) is 11.6. The van der Waals surface area contributed by atoms with Gasteiger partial charge in [0, 0.05) is 6.04 Å². The molecule has 1 amide bonds. The molecule has 2 atom stereocenters. The van der Waals surface area contributed by atoms with E-state index in [9.17, 15) is 14.0 Å². The van der Waals surface area contributed by atoms with Gasteiger partial charge in [-0.1, -0.05) is 17.7 Å². The minimum atomic E-state index is -0.860. The van der Waals surface area contributed by atoms with Gasteiger partial charge in [0.05, 0.1) is 16.5 Å². The quantitative estimate of drug-likeness (QED) is 0.896. The number of carboxylic acid groups (broad SMARTS) is 1.